The fraction of sp³-hybridized carbons (Fsp3) is 0.667. The summed E-state index contributed by atoms with van der Waals surface area (Å²) < 4.78 is 33.1. The maximum atomic E-state index is 14.5. The Bertz CT molecular complexity index is 2200. The molecule has 14 nitrogen and oxygen atoms in total. The molecule has 0 radical (unpaired) electrons. The van der Waals surface area contributed by atoms with Gasteiger partial charge in [0.05, 0.1) is 24.4 Å². The molecular formula is C54H76N2O12. The normalized spacial score (nSPS) is 36.6. The molecule has 7 rings (SSSR count). The van der Waals surface area contributed by atoms with E-state index in [2.05, 4.69) is 29.5 Å². The average Bonchev–Trinajstić information content (AvgIpc) is 4.08. The van der Waals surface area contributed by atoms with Crippen molar-refractivity contribution >= 4 is 34.3 Å². The number of aliphatic hydroxyl groups is 3. The van der Waals surface area contributed by atoms with Crippen molar-refractivity contribution in [2.45, 2.75) is 179 Å². The van der Waals surface area contributed by atoms with E-state index in [0.29, 0.717) is 68.7 Å². The van der Waals surface area contributed by atoms with Crippen molar-refractivity contribution in [1.29, 1.82) is 0 Å². The van der Waals surface area contributed by atoms with Gasteiger partial charge in [0, 0.05) is 68.1 Å². The average molecular weight is 945 g/mol. The van der Waals surface area contributed by atoms with Crippen molar-refractivity contribution in [3.8, 4) is 5.75 Å². The molecular weight excluding hydrogens is 869 g/mol. The fourth-order valence-electron chi connectivity index (χ4n) is 11.4. The number of ether oxygens (including phenoxy) is 5. The molecule has 5 aliphatic rings. The van der Waals surface area contributed by atoms with Crippen molar-refractivity contribution in [3.63, 3.8) is 0 Å². The van der Waals surface area contributed by atoms with Crippen LogP contribution in [0, 0.1) is 29.6 Å². The summed E-state index contributed by atoms with van der Waals surface area (Å²) in [5.41, 5.74) is 2.75. The van der Waals surface area contributed by atoms with Crippen LogP contribution in [0.5, 0.6) is 5.75 Å². The number of cyclic esters (lactones) is 1. The molecule has 4 heterocycles. The summed E-state index contributed by atoms with van der Waals surface area (Å²) in [6.07, 6.45) is 8.89. The molecule has 4 fully saturated rings. The van der Waals surface area contributed by atoms with Gasteiger partial charge in [0.25, 0.3) is 11.7 Å². The van der Waals surface area contributed by atoms with Crippen LogP contribution < -0.4 is 4.74 Å². The first-order valence-corrected chi connectivity index (χ1v) is 25.1. The minimum absolute atomic E-state index is 0.00175. The Morgan fingerprint density at radius 3 is 2.34 bits per heavy atom. The molecule has 3 N–H and O–H groups in total. The third kappa shape index (κ3) is 11.5. The largest absolute Gasteiger partial charge is 0.488 e. The van der Waals surface area contributed by atoms with Crippen molar-refractivity contribution in [3.05, 3.63) is 66.4 Å². The summed E-state index contributed by atoms with van der Waals surface area (Å²) in [7, 11) is 3.06. The fourth-order valence-corrected chi connectivity index (χ4v) is 11.4. The first kappa shape index (κ1) is 51.7. The molecule has 2 aliphatic carbocycles. The van der Waals surface area contributed by atoms with Gasteiger partial charge in [-0.05, 0) is 133 Å². The van der Waals surface area contributed by atoms with Gasteiger partial charge in [-0.1, -0.05) is 44.6 Å². The summed E-state index contributed by atoms with van der Waals surface area (Å²) in [6.45, 7) is 13.2. The number of aromatic nitrogens is 1. The summed E-state index contributed by atoms with van der Waals surface area (Å²) in [5.74, 6) is -7.29. The zero-order valence-corrected chi connectivity index (χ0v) is 41.2. The number of methoxy groups -OCH3 is 2. The molecule has 2 bridgehead atoms. The highest BCUT2D eigenvalue weighted by atomic mass is 16.7. The molecule has 14 heteroatoms. The number of hydrogen-bond donors (Lipinski definition) is 3. The van der Waals surface area contributed by atoms with Crippen LogP contribution in [-0.2, 0) is 38.1 Å². The van der Waals surface area contributed by atoms with E-state index in [4.69, 9.17) is 23.7 Å². The zero-order chi connectivity index (χ0) is 49.0. The number of nitrogens with zero attached hydrogens (tertiary/aromatic N) is 2. The number of ketones is 2. The van der Waals surface area contributed by atoms with Crippen LogP contribution in [0.3, 0.4) is 0 Å². The quantitative estimate of drug-likeness (QED) is 0.129. The SMILES string of the molecule is C=CCC1C=C(C)CC(C)CC(OC)C2OC(O)(C(=O)C(=O)N3CCCCC3C(=O)OC(C(C)=CC3CCC(Oc4ccc5c(ccn5C5CC5)c4)C(O)C3)C(C)C(O)CC1=O)C(C)CC2OC. The molecule has 1 aromatic carbocycles. The van der Waals surface area contributed by atoms with Crippen LogP contribution in [0.1, 0.15) is 124 Å². The third-order valence-electron chi connectivity index (χ3n) is 15.5. The highest BCUT2D eigenvalue weighted by Crippen LogP contribution is 2.41. The number of rotatable bonds is 9. The minimum Gasteiger partial charge on any atom is -0.488 e. The van der Waals surface area contributed by atoms with E-state index in [-0.39, 0.29) is 43.4 Å². The lowest BCUT2D eigenvalue weighted by atomic mass is 9.81. The highest BCUT2D eigenvalue weighted by molar-refractivity contribution is 6.39. The monoisotopic (exact) mass is 945 g/mol. The van der Waals surface area contributed by atoms with Gasteiger partial charge >= 0.3 is 5.97 Å². The van der Waals surface area contributed by atoms with Gasteiger partial charge < -0.3 is 48.5 Å². The molecule has 14 atom stereocenters. The number of piperidine rings is 1. The maximum absolute atomic E-state index is 14.5. The summed E-state index contributed by atoms with van der Waals surface area (Å²) in [5, 5.41) is 36.6. The van der Waals surface area contributed by atoms with Crippen LogP contribution in [0.15, 0.2) is 66.4 Å². The van der Waals surface area contributed by atoms with Crippen molar-refractivity contribution in [2.75, 3.05) is 20.8 Å². The second-order valence-electron chi connectivity index (χ2n) is 20.8. The highest BCUT2D eigenvalue weighted by Gasteiger charge is 2.56. The van der Waals surface area contributed by atoms with Crippen LogP contribution in [0.4, 0.5) is 0 Å². The van der Waals surface area contributed by atoms with Gasteiger partial charge in [-0.2, -0.15) is 0 Å². The predicted molar refractivity (Wildman–Crippen MR) is 256 cm³/mol. The number of esters is 1. The van der Waals surface area contributed by atoms with Crippen LogP contribution >= 0.6 is 0 Å². The Hall–Kier alpha value is -4.18. The number of benzene rings is 1. The van der Waals surface area contributed by atoms with Crippen molar-refractivity contribution in [1.82, 2.24) is 9.47 Å². The van der Waals surface area contributed by atoms with Crippen LogP contribution in [0.25, 0.3) is 10.9 Å². The van der Waals surface area contributed by atoms with E-state index in [1.807, 2.05) is 45.1 Å². The number of allylic oxidation sites excluding steroid dienone is 4. The number of carbonyl (C=O) groups excluding carboxylic acids is 4. The summed E-state index contributed by atoms with van der Waals surface area (Å²) >= 11 is 0. The third-order valence-corrected chi connectivity index (χ3v) is 15.5. The van der Waals surface area contributed by atoms with Gasteiger partial charge in [0.1, 0.15) is 35.9 Å². The van der Waals surface area contributed by atoms with Crippen molar-refractivity contribution in [2.24, 2.45) is 29.6 Å². The minimum atomic E-state index is -2.53. The molecule has 14 unspecified atom stereocenters. The second-order valence-corrected chi connectivity index (χ2v) is 20.8. The zero-order valence-electron chi connectivity index (χ0n) is 41.2. The topological polar surface area (TPSA) is 183 Å². The first-order valence-electron chi connectivity index (χ1n) is 25.1. The van der Waals surface area contributed by atoms with E-state index >= 15 is 0 Å². The number of fused-ring (bicyclic) bond motifs is 4. The molecule has 2 saturated heterocycles. The molecule has 374 valence electrons. The molecule has 0 spiro atoms. The smallest absolute Gasteiger partial charge is 0.329 e. The van der Waals surface area contributed by atoms with Crippen LogP contribution in [-0.4, -0.2) is 124 Å². The maximum Gasteiger partial charge on any atom is 0.329 e. The molecule has 68 heavy (non-hydrogen) atoms. The van der Waals surface area contributed by atoms with E-state index in [1.54, 1.807) is 19.9 Å². The van der Waals surface area contributed by atoms with E-state index in [1.165, 1.54) is 37.5 Å². The van der Waals surface area contributed by atoms with E-state index in [9.17, 15) is 34.5 Å². The predicted octanol–water partition coefficient (Wildman–Crippen LogP) is 7.36. The first-order chi connectivity index (χ1) is 32.5. The van der Waals surface area contributed by atoms with Gasteiger partial charge in [-0.25, -0.2) is 4.79 Å². The summed E-state index contributed by atoms with van der Waals surface area (Å²) in [4.78, 5) is 58.6. The number of carbonyl (C=O) groups is 4. The number of amides is 1. The molecule has 3 aliphatic heterocycles. The lowest BCUT2D eigenvalue weighted by molar-refractivity contribution is -0.302. The molecule has 2 saturated carbocycles. The van der Waals surface area contributed by atoms with Gasteiger partial charge in [-0.15, -0.1) is 6.58 Å². The van der Waals surface area contributed by atoms with Crippen molar-refractivity contribution < 1.29 is 58.2 Å². The lowest BCUT2D eigenvalue weighted by Crippen LogP contribution is -2.64. The molecule has 2 aromatic rings. The van der Waals surface area contributed by atoms with Gasteiger partial charge in [0.2, 0.25) is 5.79 Å². The standard InChI is InChI=1S/C54H76N2O12/c1-9-12-38-24-31(2)23-32(3)25-47(64-7)50-48(65-8)27-34(5)54(63,68-50)51(60)52(61)56-21-11-10-13-42(56)53(62)67-49(35(6)43(57)30-44(38)58)33(4)26-36-14-19-46(45(59)28-36)66-40-17-18-41-37(29-40)20-22-55(41)39-15-16-39/h9,17-18,20,22,24,26,29,32,34-36,38-39,42-43,45-50,57,59,63H,1,10-16,19,21,23,25,27-28,30H2,2-8H3. The Labute approximate surface area is 402 Å². The lowest BCUT2D eigenvalue weighted by Gasteiger charge is -2.47. The van der Waals surface area contributed by atoms with E-state index in [0.717, 1.165) is 11.0 Å². The Morgan fingerprint density at radius 1 is 0.912 bits per heavy atom. The Kier molecular flexibility index (Phi) is 16.9. The summed E-state index contributed by atoms with van der Waals surface area (Å²) in [6, 6.07) is 7.56. The number of hydrogen-bond acceptors (Lipinski definition) is 12. The van der Waals surface area contributed by atoms with Gasteiger partial charge in [0.15, 0.2) is 0 Å². The van der Waals surface area contributed by atoms with E-state index < -0.39 is 90.0 Å². The Balaban J connectivity index is 1.16. The van der Waals surface area contributed by atoms with Gasteiger partial charge in [-0.3, -0.25) is 14.4 Å². The second kappa shape index (κ2) is 22.3. The number of aliphatic hydroxyl groups excluding tert-OH is 2. The molecule has 1 aromatic heterocycles. The van der Waals surface area contributed by atoms with Crippen LogP contribution in [0.2, 0.25) is 0 Å². The molecule has 1 amide bonds. The number of Topliss-reactive ketones (excluding diaryl/α,β-unsaturated/α-hetero) is 2. The Morgan fingerprint density at radius 2 is 1.65 bits per heavy atom.